The third-order valence-corrected chi connectivity index (χ3v) is 2.65. The Kier molecular flexibility index (Phi) is 4.30. The Hall–Kier alpha value is -1.56. The van der Waals surface area contributed by atoms with E-state index in [1.165, 1.54) is 5.56 Å². The maximum atomic E-state index is 8.36. The van der Waals surface area contributed by atoms with E-state index in [0.717, 1.165) is 17.9 Å². The predicted molar refractivity (Wildman–Crippen MR) is 62.4 cm³/mol. The summed E-state index contributed by atoms with van der Waals surface area (Å²) in [5.74, 6) is 0.243. The van der Waals surface area contributed by atoms with Gasteiger partial charge in [-0.15, -0.1) is 0 Å². The van der Waals surface area contributed by atoms with Crippen LogP contribution < -0.4 is 11.1 Å². The fourth-order valence-corrected chi connectivity index (χ4v) is 1.55. The molecule has 16 heavy (non-hydrogen) atoms. The van der Waals surface area contributed by atoms with Gasteiger partial charge in [0.25, 0.3) is 0 Å². The van der Waals surface area contributed by atoms with E-state index in [4.69, 9.17) is 10.9 Å². The highest BCUT2D eigenvalue weighted by Crippen LogP contribution is 2.10. The zero-order chi connectivity index (χ0) is 12.1. The summed E-state index contributed by atoms with van der Waals surface area (Å²) in [6.07, 6.45) is 0.537. The summed E-state index contributed by atoms with van der Waals surface area (Å²) in [6, 6.07) is 0. The molecule has 90 valence electrons. The Morgan fingerprint density at radius 2 is 2.25 bits per heavy atom. The molecule has 0 bridgehead atoms. The van der Waals surface area contributed by atoms with Crippen molar-refractivity contribution in [3.05, 3.63) is 17.0 Å². The third kappa shape index (κ3) is 2.96. The van der Waals surface area contributed by atoms with E-state index in [1.54, 1.807) is 0 Å². The fourth-order valence-electron chi connectivity index (χ4n) is 1.55. The van der Waals surface area contributed by atoms with Crippen LogP contribution in [-0.2, 0) is 13.6 Å². The van der Waals surface area contributed by atoms with Crippen molar-refractivity contribution in [2.75, 3.05) is 6.54 Å². The van der Waals surface area contributed by atoms with E-state index in [1.807, 2.05) is 25.6 Å². The quantitative estimate of drug-likeness (QED) is 0.220. The zero-order valence-corrected chi connectivity index (χ0v) is 9.99. The second-order valence-corrected chi connectivity index (χ2v) is 3.79. The molecule has 0 aliphatic rings. The maximum Gasteiger partial charge on any atom is 0.140 e. The lowest BCUT2D eigenvalue weighted by Crippen LogP contribution is -2.22. The van der Waals surface area contributed by atoms with Crippen molar-refractivity contribution in [3.63, 3.8) is 0 Å². The standard InChI is InChI=1S/C10H19N5O/c1-7-9(8(2)15(3)13-7)6-12-5-4-10(11)14-16/h12,16H,4-6H2,1-3H3,(H2,11,14). The smallest absolute Gasteiger partial charge is 0.140 e. The highest BCUT2D eigenvalue weighted by molar-refractivity contribution is 5.79. The van der Waals surface area contributed by atoms with E-state index in [9.17, 15) is 0 Å². The molecule has 6 heteroatoms. The van der Waals surface area contributed by atoms with Gasteiger partial charge in [-0.3, -0.25) is 4.68 Å². The summed E-state index contributed by atoms with van der Waals surface area (Å²) >= 11 is 0. The monoisotopic (exact) mass is 225 g/mol. The first-order chi connectivity index (χ1) is 7.56. The van der Waals surface area contributed by atoms with Gasteiger partial charge in [-0.25, -0.2) is 0 Å². The molecule has 0 radical (unpaired) electrons. The van der Waals surface area contributed by atoms with Gasteiger partial charge in [0.1, 0.15) is 5.84 Å². The largest absolute Gasteiger partial charge is 0.409 e. The number of amidine groups is 1. The topological polar surface area (TPSA) is 88.5 Å². The number of nitrogens with zero attached hydrogens (tertiary/aromatic N) is 3. The number of nitrogens with one attached hydrogen (secondary N) is 1. The van der Waals surface area contributed by atoms with Gasteiger partial charge in [-0.2, -0.15) is 5.10 Å². The number of aromatic nitrogens is 2. The molecule has 1 aromatic rings. The van der Waals surface area contributed by atoms with Crippen molar-refractivity contribution >= 4 is 5.84 Å². The van der Waals surface area contributed by atoms with Crippen LogP contribution in [0.15, 0.2) is 5.16 Å². The van der Waals surface area contributed by atoms with E-state index >= 15 is 0 Å². The van der Waals surface area contributed by atoms with Gasteiger partial charge < -0.3 is 16.3 Å². The second kappa shape index (κ2) is 5.50. The van der Waals surface area contributed by atoms with Crippen LogP contribution in [0.5, 0.6) is 0 Å². The third-order valence-electron chi connectivity index (χ3n) is 2.65. The first kappa shape index (κ1) is 12.5. The lowest BCUT2D eigenvalue weighted by Gasteiger charge is -2.04. The van der Waals surface area contributed by atoms with E-state index in [2.05, 4.69) is 15.6 Å². The second-order valence-electron chi connectivity index (χ2n) is 3.79. The number of nitrogens with two attached hydrogens (primary N) is 1. The first-order valence-electron chi connectivity index (χ1n) is 5.22. The molecule has 1 rings (SSSR count). The van der Waals surface area contributed by atoms with Crippen LogP contribution in [0.3, 0.4) is 0 Å². The Morgan fingerprint density at radius 1 is 1.56 bits per heavy atom. The van der Waals surface area contributed by atoms with E-state index < -0.39 is 0 Å². The Morgan fingerprint density at radius 3 is 2.75 bits per heavy atom. The van der Waals surface area contributed by atoms with Crippen molar-refractivity contribution in [2.24, 2.45) is 17.9 Å². The molecule has 0 aliphatic heterocycles. The van der Waals surface area contributed by atoms with E-state index in [-0.39, 0.29) is 5.84 Å². The highest BCUT2D eigenvalue weighted by Gasteiger charge is 2.08. The van der Waals surface area contributed by atoms with Crippen LogP contribution in [0.1, 0.15) is 23.4 Å². The highest BCUT2D eigenvalue weighted by atomic mass is 16.4. The molecule has 0 saturated carbocycles. The van der Waals surface area contributed by atoms with Crippen LogP contribution in [0.2, 0.25) is 0 Å². The average Bonchev–Trinajstić information content (AvgIpc) is 2.49. The molecular formula is C10H19N5O. The van der Waals surface area contributed by atoms with Gasteiger partial charge >= 0.3 is 0 Å². The summed E-state index contributed by atoms with van der Waals surface area (Å²) in [7, 11) is 1.93. The average molecular weight is 225 g/mol. The minimum absolute atomic E-state index is 0.243. The van der Waals surface area contributed by atoms with Crippen molar-refractivity contribution in [1.29, 1.82) is 0 Å². The Bertz CT molecular complexity index is 383. The molecule has 0 unspecified atom stereocenters. The summed E-state index contributed by atoms with van der Waals surface area (Å²) in [4.78, 5) is 0. The molecule has 0 aliphatic carbocycles. The van der Waals surface area contributed by atoms with Crippen LogP contribution >= 0.6 is 0 Å². The number of hydrogen-bond acceptors (Lipinski definition) is 4. The van der Waals surface area contributed by atoms with Gasteiger partial charge in [-0.05, 0) is 13.8 Å². The Labute approximate surface area is 95.1 Å². The SMILES string of the molecule is Cc1nn(C)c(C)c1CNCCC(N)=NO. The summed E-state index contributed by atoms with van der Waals surface area (Å²) < 4.78 is 1.87. The first-order valence-corrected chi connectivity index (χ1v) is 5.22. The molecule has 0 fully saturated rings. The molecule has 1 aromatic heterocycles. The lowest BCUT2D eigenvalue weighted by molar-refractivity contribution is 0.316. The molecule has 6 nitrogen and oxygen atoms in total. The maximum absolute atomic E-state index is 8.36. The molecular weight excluding hydrogens is 206 g/mol. The minimum atomic E-state index is 0.243. The van der Waals surface area contributed by atoms with Gasteiger partial charge in [0, 0.05) is 37.8 Å². The van der Waals surface area contributed by atoms with Crippen molar-refractivity contribution < 1.29 is 5.21 Å². The number of aryl methyl sites for hydroxylation is 2. The summed E-state index contributed by atoms with van der Waals surface area (Å²) in [5.41, 5.74) is 8.77. The molecule has 0 saturated heterocycles. The van der Waals surface area contributed by atoms with Gasteiger partial charge in [0.15, 0.2) is 0 Å². The number of hydrogen-bond donors (Lipinski definition) is 3. The van der Waals surface area contributed by atoms with Gasteiger partial charge in [-0.1, -0.05) is 5.16 Å². The zero-order valence-electron chi connectivity index (χ0n) is 9.99. The van der Waals surface area contributed by atoms with Crippen molar-refractivity contribution in [2.45, 2.75) is 26.8 Å². The fraction of sp³-hybridized carbons (Fsp3) is 0.600. The van der Waals surface area contributed by atoms with Crippen molar-refractivity contribution in [1.82, 2.24) is 15.1 Å². The normalized spacial score (nSPS) is 12.1. The van der Waals surface area contributed by atoms with Crippen molar-refractivity contribution in [3.8, 4) is 0 Å². The number of oxime groups is 1. The van der Waals surface area contributed by atoms with Crippen LogP contribution in [-0.4, -0.2) is 27.4 Å². The minimum Gasteiger partial charge on any atom is -0.409 e. The molecule has 0 atom stereocenters. The predicted octanol–water partition coefficient (Wildman–Crippen LogP) is 0.263. The van der Waals surface area contributed by atoms with Crippen LogP contribution in [0.25, 0.3) is 0 Å². The molecule has 0 aromatic carbocycles. The van der Waals surface area contributed by atoms with Gasteiger partial charge in [0.05, 0.1) is 5.69 Å². The molecule has 1 heterocycles. The summed E-state index contributed by atoms with van der Waals surface area (Å²) in [6.45, 7) is 5.47. The van der Waals surface area contributed by atoms with E-state index in [0.29, 0.717) is 13.0 Å². The van der Waals surface area contributed by atoms with Crippen LogP contribution in [0, 0.1) is 13.8 Å². The molecule has 0 spiro atoms. The van der Waals surface area contributed by atoms with Crippen LogP contribution in [0.4, 0.5) is 0 Å². The lowest BCUT2D eigenvalue weighted by atomic mass is 10.2. The summed E-state index contributed by atoms with van der Waals surface area (Å²) in [5, 5.41) is 18.8. The molecule has 4 N–H and O–H groups in total. The molecule has 0 amide bonds. The number of rotatable bonds is 5. The Balaban J connectivity index is 2.43. The van der Waals surface area contributed by atoms with Gasteiger partial charge in [0.2, 0.25) is 0 Å².